The van der Waals surface area contributed by atoms with Crippen LogP contribution >= 0.6 is 22.9 Å². The minimum atomic E-state index is 0.208. The normalized spacial score (nSPS) is 13.3. The minimum Gasteiger partial charge on any atom is -0.371 e. The number of hydrogen-bond donors (Lipinski definition) is 0. The fraction of sp³-hybridized carbons (Fsp3) is 0.600. The highest BCUT2D eigenvalue weighted by Gasteiger charge is 2.14. The van der Waals surface area contributed by atoms with E-state index in [4.69, 9.17) is 16.3 Å². The van der Waals surface area contributed by atoms with Gasteiger partial charge in [-0.05, 0) is 38.7 Å². The summed E-state index contributed by atoms with van der Waals surface area (Å²) in [6.45, 7) is 11.0. The smallest absolute Gasteiger partial charge is 0.157 e. The first kappa shape index (κ1) is 15.7. The SMILES string of the molecule is Cc1sc2nc(COC(C)CC(C)C)nc(Cl)c2c1C. The van der Waals surface area contributed by atoms with Crippen molar-refractivity contribution in [2.45, 2.75) is 53.8 Å². The molecule has 0 aromatic carbocycles. The number of hydrogen-bond acceptors (Lipinski definition) is 4. The summed E-state index contributed by atoms with van der Waals surface area (Å²) >= 11 is 7.94. The van der Waals surface area contributed by atoms with E-state index in [9.17, 15) is 0 Å². The maximum absolute atomic E-state index is 6.28. The first-order valence-corrected chi connectivity index (χ1v) is 8.11. The molecule has 0 N–H and O–H groups in total. The molecule has 0 aliphatic rings. The third-order valence-electron chi connectivity index (χ3n) is 3.33. The average Bonchev–Trinajstić information content (AvgIpc) is 2.62. The highest BCUT2D eigenvalue weighted by molar-refractivity contribution is 7.18. The van der Waals surface area contributed by atoms with Crippen molar-refractivity contribution in [1.29, 1.82) is 0 Å². The van der Waals surface area contributed by atoms with Crippen molar-refractivity contribution in [3.05, 3.63) is 21.4 Å². The Morgan fingerprint density at radius 2 is 1.90 bits per heavy atom. The van der Waals surface area contributed by atoms with Gasteiger partial charge in [0.1, 0.15) is 16.6 Å². The number of rotatable bonds is 5. The molecule has 1 unspecified atom stereocenters. The molecule has 0 saturated carbocycles. The van der Waals surface area contributed by atoms with Crippen molar-refractivity contribution < 1.29 is 4.74 Å². The van der Waals surface area contributed by atoms with Crippen LogP contribution in [0.5, 0.6) is 0 Å². The van der Waals surface area contributed by atoms with Crippen LogP contribution in [0.4, 0.5) is 0 Å². The van der Waals surface area contributed by atoms with Gasteiger partial charge in [0.25, 0.3) is 0 Å². The Morgan fingerprint density at radius 1 is 1.20 bits per heavy atom. The van der Waals surface area contributed by atoms with E-state index in [1.807, 2.05) is 0 Å². The summed E-state index contributed by atoms with van der Waals surface area (Å²) in [5.74, 6) is 1.29. The molecule has 0 bridgehead atoms. The quantitative estimate of drug-likeness (QED) is 0.736. The lowest BCUT2D eigenvalue weighted by atomic mass is 10.1. The molecule has 2 aromatic rings. The third kappa shape index (κ3) is 3.48. The number of ether oxygens (including phenoxy) is 1. The van der Waals surface area contributed by atoms with E-state index >= 15 is 0 Å². The van der Waals surface area contributed by atoms with E-state index in [0.29, 0.717) is 23.5 Å². The van der Waals surface area contributed by atoms with Gasteiger partial charge in [0.05, 0.1) is 11.5 Å². The molecule has 0 aliphatic heterocycles. The largest absolute Gasteiger partial charge is 0.371 e. The molecule has 3 nitrogen and oxygen atoms in total. The summed E-state index contributed by atoms with van der Waals surface area (Å²) in [7, 11) is 0. The fourth-order valence-corrected chi connectivity index (χ4v) is 3.69. The van der Waals surface area contributed by atoms with Crippen molar-refractivity contribution in [1.82, 2.24) is 9.97 Å². The van der Waals surface area contributed by atoms with Crippen LogP contribution in [0, 0.1) is 19.8 Å². The third-order valence-corrected chi connectivity index (χ3v) is 4.71. The van der Waals surface area contributed by atoms with Crippen LogP contribution in [0.15, 0.2) is 0 Å². The highest BCUT2D eigenvalue weighted by atomic mass is 35.5. The molecule has 0 saturated heterocycles. The Morgan fingerprint density at radius 3 is 2.55 bits per heavy atom. The second-order valence-electron chi connectivity index (χ2n) is 5.65. The zero-order valence-electron chi connectivity index (χ0n) is 12.7. The summed E-state index contributed by atoms with van der Waals surface area (Å²) in [4.78, 5) is 11.1. The molecular formula is C15H21ClN2OS. The summed E-state index contributed by atoms with van der Waals surface area (Å²) in [5.41, 5.74) is 1.18. The van der Waals surface area contributed by atoms with Crippen LogP contribution in [-0.4, -0.2) is 16.1 Å². The molecular weight excluding hydrogens is 292 g/mol. The van der Waals surface area contributed by atoms with Crippen LogP contribution in [0.1, 0.15) is 43.5 Å². The zero-order chi connectivity index (χ0) is 14.9. The van der Waals surface area contributed by atoms with Gasteiger partial charge in [0, 0.05) is 4.88 Å². The summed E-state index contributed by atoms with van der Waals surface area (Å²) in [6.07, 6.45) is 1.24. The second-order valence-corrected chi connectivity index (χ2v) is 7.21. The van der Waals surface area contributed by atoms with Crippen LogP contribution in [0.3, 0.4) is 0 Å². The van der Waals surface area contributed by atoms with Gasteiger partial charge in [-0.1, -0.05) is 25.4 Å². The lowest BCUT2D eigenvalue weighted by Crippen LogP contribution is -2.12. The molecule has 0 radical (unpaired) electrons. The molecule has 2 heterocycles. The van der Waals surface area contributed by atoms with Gasteiger partial charge in [0.15, 0.2) is 5.82 Å². The molecule has 5 heteroatoms. The zero-order valence-corrected chi connectivity index (χ0v) is 14.2. The molecule has 0 aliphatic carbocycles. The first-order valence-electron chi connectivity index (χ1n) is 6.92. The van der Waals surface area contributed by atoms with Gasteiger partial charge >= 0.3 is 0 Å². The molecule has 0 fully saturated rings. The standard InChI is InChI=1S/C15H21ClN2OS/c1-8(2)6-9(3)19-7-12-17-14(16)13-10(4)11(5)20-15(13)18-12/h8-9H,6-7H2,1-5H3. The van der Waals surface area contributed by atoms with Gasteiger partial charge < -0.3 is 4.74 Å². The van der Waals surface area contributed by atoms with Crippen LogP contribution in [0.2, 0.25) is 5.15 Å². The van der Waals surface area contributed by atoms with E-state index in [1.165, 1.54) is 10.4 Å². The Labute approximate surface area is 129 Å². The predicted octanol–water partition coefficient (Wildman–Crippen LogP) is 4.91. The Hall–Kier alpha value is -0.710. The van der Waals surface area contributed by atoms with E-state index in [0.717, 1.165) is 16.6 Å². The van der Waals surface area contributed by atoms with Crippen molar-refractivity contribution in [3.8, 4) is 0 Å². The fourth-order valence-electron chi connectivity index (χ4n) is 2.26. The number of aryl methyl sites for hydroxylation is 2. The maximum Gasteiger partial charge on any atom is 0.157 e. The van der Waals surface area contributed by atoms with Crippen LogP contribution in [-0.2, 0) is 11.3 Å². The lowest BCUT2D eigenvalue weighted by Gasteiger charge is -2.14. The maximum atomic E-state index is 6.28. The monoisotopic (exact) mass is 312 g/mol. The molecule has 20 heavy (non-hydrogen) atoms. The Kier molecular flexibility index (Phi) is 4.99. The minimum absolute atomic E-state index is 0.208. The van der Waals surface area contributed by atoms with Gasteiger partial charge in [-0.3, -0.25) is 0 Å². The summed E-state index contributed by atoms with van der Waals surface area (Å²) in [5, 5.41) is 1.51. The van der Waals surface area contributed by atoms with Crippen LogP contribution in [0.25, 0.3) is 10.2 Å². The number of thiophene rings is 1. The molecule has 0 spiro atoms. The first-order chi connectivity index (χ1) is 9.38. The highest BCUT2D eigenvalue weighted by Crippen LogP contribution is 2.32. The molecule has 0 amide bonds. The van der Waals surface area contributed by atoms with Gasteiger partial charge in [-0.15, -0.1) is 11.3 Å². The van der Waals surface area contributed by atoms with Gasteiger partial charge in [-0.2, -0.15) is 0 Å². The number of aromatic nitrogens is 2. The number of fused-ring (bicyclic) bond motifs is 1. The van der Waals surface area contributed by atoms with Gasteiger partial charge in [-0.25, -0.2) is 9.97 Å². The van der Waals surface area contributed by atoms with E-state index < -0.39 is 0 Å². The molecule has 110 valence electrons. The van der Waals surface area contributed by atoms with Crippen molar-refractivity contribution in [3.63, 3.8) is 0 Å². The Balaban J connectivity index is 2.16. The van der Waals surface area contributed by atoms with Crippen LogP contribution < -0.4 is 0 Å². The summed E-state index contributed by atoms with van der Waals surface area (Å²) < 4.78 is 5.80. The van der Waals surface area contributed by atoms with E-state index in [2.05, 4.69) is 44.6 Å². The Bertz CT molecular complexity index is 609. The average molecular weight is 313 g/mol. The topological polar surface area (TPSA) is 35.0 Å². The molecule has 2 aromatic heterocycles. The number of nitrogens with zero attached hydrogens (tertiary/aromatic N) is 2. The van der Waals surface area contributed by atoms with Crippen molar-refractivity contribution in [2.24, 2.45) is 5.92 Å². The van der Waals surface area contributed by atoms with Gasteiger partial charge in [0.2, 0.25) is 0 Å². The van der Waals surface area contributed by atoms with E-state index in [-0.39, 0.29) is 6.10 Å². The molecule has 2 rings (SSSR count). The molecule has 1 atom stereocenters. The number of halogens is 1. The predicted molar refractivity (Wildman–Crippen MR) is 85.6 cm³/mol. The lowest BCUT2D eigenvalue weighted by molar-refractivity contribution is 0.0361. The van der Waals surface area contributed by atoms with E-state index in [1.54, 1.807) is 11.3 Å². The summed E-state index contributed by atoms with van der Waals surface area (Å²) in [6, 6.07) is 0. The van der Waals surface area contributed by atoms with Crippen molar-refractivity contribution >= 4 is 33.2 Å². The van der Waals surface area contributed by atoms with Crippen molar-refractivity contribution in [2.75, 3.05) is 0 Å². The second kappa shape index (κ2) is 6.37.